The van der Waals surface area contributed by atoms with Crippen LogP contribution in [0.25, 0.3) is 0 Å². The van der Waals surface area contributed by atoms with E-state index in [-0.39, 0.29) is 0 Å². The zero-order valence-corrected chi connectivity index (χ0v) is 11.9. The molecule has 0 saturated carbocycles. The number of rotatable bonds is 5. The van der Waals surface area contributed by atoms with Gasteiger partial charge in [-0.15, -0.1) is 0 Å². The maximum Gasteiger partial charge on any atom is 0.174 e. The standard InChI is InChI=1S/C14H20BrNO/c1-2-9-16-13(11-6-4-3-5-7-11)12-8-10-17-14(12)15/h6,8,10,13,16H,2-5,7,9H2,1H3. The monoisotopic (exact) mass is 297 g/mol. The third kappa shape index (κ3) is 3.23. The highest BCUT2D eigenvalue weighted by Gasteiger charge is 2.21. The van der Waals surface area contributed by atoms with Gasteiger partial charge in [0.15, 0.2) is 4.67 Å². The molecule has 0 amide bonds. The van der Waals surface area contributed by atoms with E-state index in [2.05, 4.69) is 40.3 Å². The van der Waals surface area contributed by atoms with Crippen LogP contribution in [0, 0.1) is 0 Å². The average molecular weight is 298 g/mol. The van der Waals surface area contributed by atoms with E-state index in [4.69, 9.17) is 4.42 Å². The van der Waals surface area contributed by atoms with Crippen molar-refractivity contribution in [1.29, 1.82) is 0 Å². The van der Waals surface area contributed by atoms with Crippen LogP contribution >= 0.6 is 15.9 Å². The molecule has 1 aromatic rings. The van der Waals surface area contributed by atoms with Gasteiger partial charge in [0.1, 0.15) is 0 Å². The van der Waals surface area contributed by atoms with Gasteiger partial charge in [-0.2, -0.15) is 0 Å². The van der Waals surface area contributed by atoms with Crippen LogP contribution in [0.4, 0.5) is 0 Å². The van der Waals surface area contributed by atoms with Gasteiger partial charge in [-0.25, -0.2) is 0 Å². The number of hydrogen-bond donors (Lipinski definition) is 1. The largest absolute Gasteiger partial charge is 0.457 e. The molecule has 94 valence electrons. The van der Waals surface area contributed by atoms with Gasteiger partial charge in [0.05, 0.1) is 12.3 Å². The summed E-state index contributed by atoms with van der Waals surface area (Å²) in [6, 6.07) is 2.38. The van der Waals surface area contributed by atoms with Crippen molar-refractivity contribution in [2.75, 3.05) is 6.54 Å². The van der Waals surface area contributed by atoms with Gasteiger partial charge in [-0.05, 0) is 60.6 Å². The molecule has 17 heavy (non-hydrogen) atoms. The lowest BCUT2D eigenvalue weighted by molar-refractivity contribution is 0.510. The fourth-order valence-corrected chi connectivity index (χ4v) is 2.83. The molecule has 1 unspecified atom stereocenters. The first kappa shape index (κ1) is 12.9. The van der Waals surface area contributed by atoms with E-state index < -0.39 is 0 Å². The van der Waals surface area contributed by atoms with Gasteiger partial charge in [-0.1, -0.05) is 18.6 Å². The van der Waals surface area contributed by atoms with Crippen LogP contribution in [0.3, 0.4) is 0 Å². The maximum absolute atomic E-state index is 5.37. The molecule has 1 aromatic heterocycles. The Morgan fingerprint density at radius 3 is 2.94 bits per heavy atom. The summed E-state index contributed by atoms with van der Waals surface area (Å²) in [5.41, 5.74) is 2.75. The van der Waals surface area contributed by atoms with E-state index in [9.17, 15) is 0 Å². The lowest BCUT2D eigenvalue weighted by Crippen LogP contribution is -2.24. The molecule has 3 heteroatoms. The highest BCUT2D eigenvalue weighted by Crippen LogP contribution is 2.34. The Morgan fingerprint density at radius 2 is 2.35 bits per heavy atom. The molecule has 0 saturated heterocycles. The maximum atomic E-state index is 5.37. The van der Waals surface area contributed by atoms with Crippen molar-refractivity contribution in [2.45, 2.75) is 45.1 Å². The zero-order valence-electron chi connectivity index (χ0n) is 10.3. The van der Waals surface area contributed by atoms with Crippen LogP contribution in [0.2, 0.25) is 0 Å². The Kier molecular flexibility index (Phi) is 4.86. The summed E-state index contributed by atoms with van der Waals surface area (Å²) in [6.45, 7) is 3.24. The van der Waals surface area contributed by atoms with E-state index >= 15 is 0 Å². The molecule has 0 radical (unpaired) electrons. The Balaban J connectivity index is 2.18. The summed E-state index contributed by atoms with van der Waals surface area (Å²) < 4.78 is 6.22. The SMILES string of the molecule is CCCNC(C1=CCCCC1)c1ccoc1Br. The summed E-state index contributed by atoms with van der Waals surface area (Å²) in [5, 5.41) is 3.62. The molecule has 1 aliphatic rings. The quantitative estimate of drug-likeness (QED) is 0.805. The number of allylic oxidation sites excluding steroid dienone is 1. The van der Waals surface area contributed by atoms with Crippen LogP contribution in [0.5, 0.6) is 0 Å². The fourth-order valence-electron chi connectivity index (χ4n) is 2.36. The van der Waals surface area contributed by atoms with Crippen LogP contribution in [-0.4, -0.2) is 6.54 Å². The molecule has 1 atom stereocenters. The van der Waals surface area contributed by atoms with Crippen LogP contribution in [0.15, 0.2) is 33.1 Å². The number of furan rings is 1. The highest BCUT2D eigenvalue weighted by atomic mass is 79.9. The Labute approximate surface area is 112 Å². The second kappa shape index (κ2) is 6.41. The van der Waals surface area contributed by atoms with Gasteiger partial charge in [0.2, 0.25) is 0 Å². The van der Waals surface area contributed by atoms with E-state index in [1.807, 2.05) is 0 Å². The van der Waals surface area contributed by atoms with Gasteiger partial charge < -0.3 is 9.73 Å². The third-order valence-corrected chi connectivity index (χ3v) is 3.90. The molecular formula is C14H20BrNO. The first-order valence-corrected chi connectivity index (χ1v) is 7.27. The van der Waals surface area contributed by atoms with Gasteiger partial charge in [-0.3, -0.25) is 0 Å². The van der Waals surface area contributed by atoms with E-state index in [1.165, 1.54) is 36.8 Å². The third-order valence-electron chi connectivity index (χ3n) is 3.25. The Morgan fingerprint density at radius 1 is 1.47 bits per heavy atom. The Bertz CT molecular complexity index is 383. The second-order valence-electron chi connectivity index (χ2n) is 4.56. The topological polar surface area (TPSA) is 25.2 Å². The molecule has 1 heterocycles. The molecule has 0 spiro atoms. The molecular weight excluding hydrogens is 278 g/mol. The number of nitrogens with one attached hydrogen (secondary N) is 1. The summed E-state index contributed by atoms with van der Waals surface area (Å²) in [7, 11) is 0. The van der Waals surface area contributed by atoms with Crippen molar-refractivity contribution < 1.29 is 4.42 Å². The summed E-state index contributed by atoms with van der Waals surface area (Å²) in [4.78, 5) is 0. The van der Waals surface area contributed by atoms with Crippen LogP contribution < -0.4 is 5.32 Å². The molecule has 0 aromatic carbocycles. The molecule has 2 nitrogen and oxygen atoms in total. The van der Waals surface area contributed by atoms with E-state index in [0.29, 0.717) is 6.04 Å². The first-order valence-electron chi connectivity index (χ1n) is 6.48. The molecule has 2 rings (SSSR count). The lowest BCUT2D eigenvalue weighted by Gasteiger charge is -2.24. The summed E-state index contributed by atoms with van der Waals surface area (Å²) in [6.07, 6.45) is 10.4. The predicted molar refractivity (Wildman–Crippen MR) is 74.0 cm³/mol. The minimum absolute atomic E-state index is 0.323. The molecule has 0 aliphatic heterocycles. The summed E-state index contributed by atoms with van der Waals surface area (Å²) in [5.74, 6) is 0. The summed E-state index contributed by atoms with van der Waals surface area (Å²) >= 11 is 3.49. The molecule has 1 N–H and O–H groups in total. The Hall–Kier alpha value is -0.540. The minimum Gasteiger partial charge on any atom is -0.457 e. The zero-order chi connectivity index (χ0) is 12.1. The first-order chi connectivity index (χ1) is 8.33. The van der Waals surface area contributed by atoms with Crippen molar-refractivity contribution >= 4 is 15.9 Å². The number of halogens is 1. The molecule has 1 aliphatic carbocycles. The van der Waals surface area contributed by atoms with Crippen molar-refractivity contribution in [1.82, 2.24) is 5.32 Å². The fraction of sp³-hybridized carbons (Fsp3) is 0.571. The van der Waals surface area contributed by atoms with Crippen molar-refractivity contribution in [3.8, 4) is 0 Å². The highest BCUT2D eigenvalue weighted by molar-refractivity contribution is 9.10. The van der Waals surface area contributed by atoms with Crippen molar-refractivity contribution in [3.63, 3.8) is 0 Å². The normalized spacial score (nSPS) is 17.9. The van der Waals surface area contributed by atoms with Crippen molar-refractivity contribution in [3.05, 3.63) is 34.2 Å². The van der Waals surface area contributed by atoms with Gasteiger partial charge in [0, 0.05) is 5.56 Å². The van der Waals surface area contributed by atoms with Crippen molar-refractivity contribution in [2.24, 2.45) is 0 Å². The molecule has 0 bridgehead atoms. The van der Waals surface area contributed by atoms with Crippen LogP contribution in [-0.2, 0) is 0 Å². The van der Waals surface area contributed by atoms with E-state index in [0.717, 1.165) is 17.6 Å². The average Bonchev–Trinajstić information content (AvgIpc) is 2.78. The smallest absolute Gasteiger partial charge is 0.174 e. The van der Waals surface area contributed by atoms with Gasteiger partial charge >= 0.3 is 0 Å². The predicted octanol–water partition coefficient (Wildman–Crippen LogP) is 4.58. The van der Waals surface area contributed by atoms with Crippen LogP contribution in [0.1, 0.15) is 50.6 Å². The second-order valence-corrected chi connectivity index (χ2v) is 5.28. The molecule has 0 fully saturated rings. The lowest BCUT2D eigenvalue weighted by atomic mass is 9.91. The number of hydrogen-bond acceptors (Lipinski definition) is 2. The van der Waals surface area contributed by atoms with E-state index in [1.54, 1.807) is 6.26 Å². The van der Waals surface area contributed by atoms with Gasteiger partial charge in [0.25, 0.3) is 0 Å². The minimum atomic E-state index is 0.323.